The van der Waals surface area contributed by atoms with Gasteiger partial charge in [-0.25, -0.2) is 0 Å². The molecule has 0 atom stereocenters. The summed E-state index contributed by atoms with van der Waals surface area (Å²) in [4.78, 5) is 10.6. The fourth-order valence-electron chi connectivity index (χ4n) is 1.60. The first-order valence-corrected chi connectivity index (χ1v) is 5.62. The lowest BCUT2D eigenvalue weighted by Crippen LogP contribution is -1.99. The van der Waals surface area contributed by atoms with Gasteiger partial charge in [0.05, 0.1) is 6.42 Å². The van der Waals surface area contributed by atoms with Gasteiger partial charge in [0.1, 0.15) is 0 Å². The molecule has 0 aromatic heterocycles. The van der Waals surface area contributed by atoms with E-state index in [1.165, 1.54) is 0 Å². The highest BCUT2D eigenvalue weighted by Crippen LogP contribution is 2.05. The summed E-state index contributed by atoms with van der Waals surface area (Å²) in [5, 5.41) is 8.73. The third-order valence-corrected chi connectivity index (χ3v) is 2.41. The van der Waals surface area contributed by atoms with E-state index in [0.29, 0.717) is 0 Å². The Balaban J connectivity index is 2.20. The van der Waals surface area contributed by atoms with Crippen LogP contribution < -0.4 is 0 Å². The van der Waals surface area contributed by atoms with Crippen molar-refractivity contribution < 1.29 is 9.90 Å². The minimum Gasteiger partial charge on any atom is -0.481 e. The van der Waals surface area contributed by atoms with Gasteiger partial charge in [0, 0.05) is 11.1 Å². The van der Waals surface area contributed by atoms with E-state index in [-0.39, 0.29) is 6.42 Å². The largest absolute Gasteiger partial charge is 0.481 e. The molecule has 0 bridgehead atoms. The van der Waals surface area contributed by atoms with Crippen LogP contribution in [0.1, 0.15) is 16.7 Å². The zero-order valence-electron chi connectivity index (χ0n) is 9.76. The first kappa shape index (κ1) is 11.9. The topological polar surface area (TPSA) is 37.3 Å². The first-order chi connectivity index (χ1) is 8.74. The van der Waals surface area contributed by atoms with Crippen molar-refractivity contribution in [2.75, 3.05) is 0 Å². The molecule has 2 aromatic rings. The third kappa shape index (κ3) is 3.50. The number of aliphatic carboxylic acids is 1. The van der Waals surface area contributed by atoms with Gasteiger partial charge in [0.25, 0.3) is 0 Å². The van der Waals surface area contributed by atoms with Gasteiger partial charge in [0.2, 0.25) is 0 Å². The van der Waals surface area contributed by atoms with Crippen LogP contribution in [0, 0.1) is 11.8 Å². The van der Waals surface area contributed by atoms with Gasteiger partial charge in [-0.2, -0.15) is 0 Å². The smallest absolute Gasteiger partial charge is 0.307 e. The highest BCUT2D eigenvalue weighted by molar-refractivity contribution is 5.70. The van der Waals surface area contributed by atoms with Crippen molar-refractivity contribution in [2.45, 2.75) is 6.42 Å². The molecule has 0 saturated heterocycles. The summed E-state index contributed by atoms with van der Waals surface area (Å²) in [6.45, 7) is 0. The van der Waals surface area contributed by atoms with Crippen molar-refractivity contribution in [2.24, 2.45) is 0 Å². The number of hydrogen-bond acceptors (Lipinski definition) is 1. The zero-order chi connectivity index (χ0) is 12.8. The molecule has 0 aliphatic rings. The van der Waals surface area contributed by atoms with E-state index in [0.717, 1.165) is 16.7 Å². The first-order valence-electron chi connectivity index (χ1n) is 5.62. The van der Waals surface area contributed by atoms with Crippen LogP contribution in [-0.2, 0) is 11.2 Å². The summed E-state index contributed by atoms with van der Waals surface area (Å²) in [5.41, 5.74) is 2.54. The van der Waals surface area contributed by atoms with Crippen molar-refractivity contribution >= 4 is 5.97 Å². The summed E-state index contributed by atoms with van der Waals surface area (Å²) in [6.07, 6.45) is 0.0286. The predicted molar refractivity (Wildman–Crippen MR) is 70.2 cm³/mol. The second kappa shape index (κ2) is 5.70. The van der Waals surface area contributed by atoms with Crippen molar-refractivity contribution in [3.63, 3.8) is 0 Å². The van der Waals surface area contributed by atoms with Gasteiger partial charge >= 0.3 is 5.97 Å². The molecule has 88 valence electrons. The van der Waals surface area contributed by atoms with E-state index in [2.05, 4.69) is 11.8 Å². The number of carbonyl (C=O) groups is 1. The van der Waals surface area contributed by atoms with Crippen LogP contribution in [0.4, 0.5) is 0 Å². The number of hydrogen-bond donors (Lipinski definition) is 1. The predicted octanol–water partition coefficient (Wildman–Crippen LogP) is 2.71. The molecule has 1 N–H and O–H groups in total. The van der Waals surface area contributed by atoms with Gasteiger partial charge in [0.15, 0.2) is 0 Å². The van der Waals surface area contributed by atoms with Gasteiger partial charge < -0.3 is 5.11 Å². The van der Waals surface area contributed by atoms with Gasteiger partial charge in [-0.15, -0.1) is 0 Å². The van der Waals surface area contributed by atoms with Crippen LogP contribution in [0.2, 0.25) is 0 Å². The van der Waals surface area contributed by atoms with E-state index in [1.54, 1.807) is 6.07 Å². The summed E-state index contributed by atoms with van der Waals surface area (Å²) < 4.78 is 0. The molecule has 0 fully saturated rings. The van der Waals surface area contributed by atoms with Crippen molar-refractivity contribution in [3.05, 3.63) is 71.3 Å². The van der Waals surface area contributed by atoms with Crippen molar-refractivity contribution in [1.29, 1.82) is 0 Å². The Hall–Kier alpha value is -2.53. The number of rotatable bonds is 2. The normalized spacial score (nSPS) is 9.33. The van der Waals surface area contributed by atoms with Crippen LogP contribution in [0.3, 0.4) is 0 Å². The van der Waals surface area contributed by atoms with Crippen molar-refractivity contribution in [3.8, 4) is 11.8 Å². The molecule has 0 radical (unpaired) electrons. The van der Waals surface area contributed by atoms with Crippen LogP contribution in [0.15, 0.2) is 54.6 Å². The Bertz CT molecular complexity index is 604. The number of benzene rings is 2. The summed E-state index contributed by atoms with van der Waals surface area (Å²) in [7, 11) is 0. The fourth-order valence-corrected chi connectivity index (χ4v) is 1.60. The Morgan fingerprint density at radius 1 is 0.944 bits per heavy atom. The molecule has 0 aliphatic heterocycles. The van der Waals surface area contributed by atoms with E-state index < -0.39 is 5.97 Å². The molecule has 0 spiro atoms. The maximum atomic E-state index is 10.6. The maximum absolute atomic E-state index is 10.6. The van der Waals surface area contributed by atoms with Crippen LogP contribution >= 0.6 is 0 Å². The van der Waals surface area contributed by atoms with Crippen LogP contribution in [0.25, 0.3) is 0 Å². The van der Waals surface area contributed by atoms with E-state index >= 15 is 0 Å². The molecular formula is C16H12O2. The molecule has 18 heavy (non-hydrogen) atoms. The summed E-state index contributed by atoms with van der Waals surface area (Å²) in [5.74, 6) is 5.25. The average molecular weight is 236 g/mol. The second-order valence-corrected chi connectivity index (χ2v) is 3.89. The molecule has 2 rings (SSSR count). The second-order valence-electron chi connectivity index (χ2n) is 3.89. The molecule has 2 nitrogen and oxygen atoms in total. The lowest BCUT2D eigenvalue weighted by atomic mass is 10.1. The molecule has 0 heterocycles. The maximum Gasteiger partial charge on any atom is 0.307 e. The van der Waals surface area contributed by atoms with E-state index in [9.17, 15) is 4.79 Å². The minimum absolute atomic E-state index is 0.0286. The summed E-state index contributed by atoms with van der Waals surface area (Å²) >= 11 is 0. The standard InChI is InChI=1S/C16H12O2/c17-16(18)12-15-8-4-7-14(11-15)10-9-13-5-2-1-3-6-13/h1-8,11H,12H2,(H,17,18). The fraction of sp³-hybridized carbons (Fsp3) is 0.0625. The average Bonchev–Trinajstić information content (AvgIpc) is 2.37. The lowest BCUT2D eigenvalue weighted by Gasteiger charge is -1.97. The lowest BCUT2D eigenvalue weighted by molar-refractivity contribution is -0.136. The molecule has 0 saturated carbocycles. The molecule has 0 unspecified atom stereocenters. The van der Waals surface area contributed by atoms with E-state index in [1.807, 2.05) is 48.5 Å². The van der Waals surface area contributed by atoms with Crippen LogP contribution in [-0.4, -0.2) is 11.1 Å². The number of carboxylic acid groups (broad SMARTS) is 1. The Labute approximate surface area is 106 Å². The molecule has 0 amide bonds. The monoisotopic (exact) mass is 236 g/mol. The highest BCUT2D eigenvalue weighted by atomic mass is 16.4. The molecule has 2 aromatic carbocycles. The highest BCUT2D eigenvalue weighted by Gasteiger charge is 1.99. The molecule has 0 aliphatic carbocycles. The third-order valence-electron chi connectivity index (χ3n) is 2.41. The zero-order valence-corrected chi connectivity index (χ0v) is 9.76. The molecular weight excluding hydrogens is 224 g/mol. The molecule has 2 heteroatoms. The number of carboxylic acids is 1. The van der Waals surface area contributed by atoms with Crippen LogP contribution in [0.5, 0.6) is 0 Å². The van der Waals surface area contributed by atoms with E-state index in [4.69, 9.17) is 5.11 Å². The Kier molecular flexibility index (Phi) is 3.78. The van der Waals surface area contributed by atoms with Gasteiger partial charge in [-0.05, 0) is 29.8 Å². The Morgan fingerprint density at radius 3 is 2.33 bits per heavy atom. The Morgan fingerprint density at radius 2 is 1.61 bits per heavy atom. The SMILES string of the molecule is O=C(O)Cc1cccc(C#Cc2ccccc2)c1. The van der Waals surface area contributed by atoms with Crippen molar-refractivity contribution in [1.82, 2.24) is 0 Å². The minimum atomic E-state index is -0.830. The van der Waals surface area contributed by atoms with Gasteiger partial charge in [-0.1, -0.05) is 42.2 Å². The summed E-state index contributed by atoms with van der Waals surface area (Å²) in [6, 6.07) is 17.0. The quantitative estimate of drug-likeness (QED) is 0.814. The van der Waals surface area contributed by atoms with Gasteiger partial charge in [-0.3, -0.25) is 4.79 Å².